The lowest BCUT2D eigenvalue weighted by Gasteiger charge is -1.91. The summed E-state index contributed by atoms with van der Waals surface area (Å²) in [6.45, 7) is 0. The third-order valence-electron chi connectivity index (χ3n) is 1.23. The van der Waals surface area contributed by atoms with Crippen molar-refractivity contribution in [2.45, 2.75) is 0 Å². The fraction of sp³-hybridized carbons (Fsp3) is 0.286. The van der Waals surface area contributed by atoms with Gasteiger partial charge in [-0.15, -0.1) is 0 Å². The van der Waals surface area contributed by atoms with Crippen molar-refractivity contribution in [1.29, 1.82) is 0 Å². The first-order valence-corrected chi connectivity index (χ1v) is 4.15. The van der Waals surface area contributed by atoms with E-state index in [-0.39, 0.29) is 0 Å². The molecule has 54 valence electrons. The molecule has 1 aromatic rings. The number of nitrogens with zero attached hydrogens (tertiary/aromatic N) is 2. The number of aryl methyl sites for hydroxylation is 1. The van der Waals surface area contributed by atoms with E-state index < -0.39 is 0 Å². The van der Waals surface area contributed by atoms with Crippen LogP contribution in [-0.4, -0.2) is 14.9 Å². The Morgan fingerprint density at radius 1 is 1.80 bits per heavy atom. The van der Waals surface area contributed by atoms with Crippen LogP contribution in [0.4, 0.5) is 0 Å². The number of halogens is 1. The average molecular weight is 201 g/mol. The number of hydrogen-bond donors (Lipinski definition) is 0. The SMILES string of the molecule is Cn1cncc1/C=C/CBr. The first-order chi connectivity index (χ1) is 4.84. The zero-order chi connectivity index (χ0) is 7.40. The maximum absolute atomic E-state index is 3.97. The van der Waals surface area contributed by atoms with Gasteiger partial charge in [-0.25, -0.2) is 4.98 Å². The molecule has 0 aromatic carbocycles. The van der Waals surface area contributed by atoms with Gasteiger partial charge in [0, 0.05) is 12.4 Å². The van der Waals surface area contributed by atoms with Crippen molar-refractivity contribution >= 4 is 22.0 Å². The van der Waals surface area contributed by atoms with Crippen LogP contribution in [0.3, 0.4) is 0 Å². The highest BCUT2D eigenvalue weighted by Crippen LogP contribution is 1.99. The first kappa shape index (κ1) is 7.54. The summed E-state index contributed by atoms with van der Waals surface area (Å²) in [6.07, 6.45) is 7.69. The summed E-state index contributed by atoms with van der Waals surface area (Å²) < 4.78 is 1.97. The predicted molar refractivity (Wildman–Crippen MR) is 46.0 cm³/mol. The second kappa shape index (κ2) is 3.56. The Balaban J connectivity index is 2.74. The highest BCUT2D eigenvalue weighted by atomic mass is 79.9. The Hall–Kier alpha value is -0.570. The second-order valence-corrected chi connectivity index (χ2v) is 2.63. The van der Waals surface area contributed by atoms with Crippen LogP contribution in [0.25, 0.3) is 6.08 Å². The molecule has 0 N–H and O–H groups in total. The summed E-state index contributed by atoms with van der Waals surface area (Å²) in [6, 6.07) is 0. The normalized spacial score (nSPS) is 11.0. The second-order valence-electron chi connectivity index (χ2n) is 1.99. The summed E-state index contributed by atoms with van der Waals surface area (Å²) in [7, 11) is 1.97. The van der Waals surface area contributed by atoms with E-state index in [4.69, 9.17) is 0 Å². The number of hydrogen-bond acceptors (Lipinski definition) is 1. The van der Waals surface area contributed by atoms with E-state index in [0.717, 1.165) is 11.0 Å². The molecule has 0 bridgehead atoms. The van der Waals surface area contributed by atoms with Crippen molar-refractivity contribution < 1.29 is 0 Å². The molecule has 0 aliphatic heterocycles. The number of imidazole rings is 1. The van der Waals surface area contributed by atoms with Gasteiger partial charge in [0.05, 0.1) is 18.2 Å². The molecule has 0 amide bonds. The Morgan fingerprint density at radius 2 is 2.60 bits per heavy atom. The Bertz CT molecular complexity index is 227. The summed E-state index contributed by atoms with van der Waals surface area (Å²) in [5.41, 5.74) is 1.12. The minimum atomic E-state index is 0.887. The molecular weight excluding hydrogens is 192 g/mol. The smallest absolute Gasteiger partial charge is 0.0948 e. The number of rotatable bonds is 2. The maximum atomic E-state index is 3.97. The van der Waals surface area contributed by atoms with Gasteiger partial charge in [0.15, 0.2) is 0 Å². The molecule has 3 heteroatoms. The standard InChI is InChI=1S/C7H9BrN2/c1-10-6-9-5-7(10)3-2-4-8/h2-3,5-6H,4H2,1H3/b3-2+. The van der Waals surface area contributed by atoms with Crippen LogP contribution >= 0.6 is 15.9 Å². The third kappa shape index (κ3) is 1.70. The van der Waals surface area contributed by atoms with Gasteiger partial charge in [0.1, 0.15) is 0 Å². The molecule has 1 aromatic heterocycles. The molecule has 1 rings (SSSR count). The molecule has 1 heterocycles. The molecular formula is C7H9BrN2. The van der Waals surface area contributed by atoms with Crippen molar-refractivity contribution in [2.75, 3.05) is 5.33 Å². The van der Waals surface area contributed by atoms with Crippen molar-refractivity contribution in [1.82, 2.24) is 9.55 Å². The molecule has 0 saturated carbocycles. The predicted octanol–water partition coefficient (Wildman–Crippen LogP) is 1.83. The lowest BCUT2D eigenvalue weighted by molar-refractivity contribution is 0.902. The average Bonchev–Trinajstić information content (AvgIpc) is 2.31. The van der Waals surface area contributed by atoms with E-state index in [1.54, 1.807) is 6.33 Å². The van der Waals surface area contributed by atoms with E-state index in [1.807, 2.05) is 30.0 Å². The fourth-order valence-corrected chi connectivity index (χ4v) is 0.880. The minimum Gasteiger partial charge on any atom is -0.334 e. The summed E-state index contributed by atoms with van der Waals surface area (Å²) >= 11 is 3.30. The lowest BCUT2D eigenvalue weighted by atomic mass is 10.4. The van der Waals surface area contributed by atoms with Gasteiger partial charge < -0.3 is 4.57 Å². The molecule has 2 nitrogen and oxygen atoms in total. The topological polar surface area (TPSA) is 17.8 Å². The van der Waals surface area contributed by atoms with Crippen molar-refractivity contribution in [3.05, 3.63) is 24.3 Å². The minimum absolute atomic E-state index is 0.887. The van der Waals surface area contributed by atoms with E-state index >= 15 is 0 Å². The van der Waals surface area contributed by atoms with Gasteiger partial charge in [-0.3, -0.25) is 0 Å². The number of alkyl halides is 1. The van der Waals surface area contributed by atoms with Crippen molar-refractivity contribution in [3.63, 3.8) is 0 Å². The van der Waals surface area contributed by atoms with Crippen LogP contribution in [0.1, 0.15) is 5.69 Å². The quantitative estimate of drug-likeness (QED) is 0.667. The zero-order valence-corrected chi connectivity index (χ0v) is 7.37. The van der Waals surface area contributed by atoms with Crippen LogP contribution in [0.15, 0.2) is 18.6 Å². The highest BCUT2D eigenvalue weighted by Gasteiger charge is 1.88. The maximum Gasteiger partial charge on any atom is 0.0948 e. The zero-order valence-electron chi connectivity index (χ0n) is 5.79. The molecule has 0 atom stereocenters. The molecule has 0 spiro atoms. The van der Waals surface area contributed by atoms with Gasteiger partial charge in [-0.2, -0.15) is 0 Å². The molecule has 10 heavy (non-hydrogen) atoms. The van der Waals surface area contributed by atoms with Crippen LogP contribution in [0, 0.1) is 0 Å². The molecule has 0 saturated heterocycles. The van der Waals surface area contributed by atoms with Crippen LogP contribution in [0.5, 0.6) is 0 Å². The largest absolute Gasteiger partial charge is 0.334 e. The van der Waals surface area contributed by atoms with E-state index in [1.165, 1.54) is 0 Å². The van der Waals surface area contributed by atoms with Crippen LogP contribution < -0.4 is 0 Å². The van der Waals surface area contributed by atoms with Crippen LogP contribution in [-0.2, 0) is 7.05 Å². The third-order valence-corrected chi connectivity index (χ3v) is 1.61. The van der Waals surface area contributed by atoms with Gasteiger partial charge >= 0.3 is 0 Å². The van der Waals surface area contributed by atoms with Crippen molar-refractivity contribution in [3.8, 4) is 0 Å². The Morgan fingerprint density at radius 3 is 3.10 bits per heavy atom. The van der Waals surface area contributed by atoms with Crippen LogP contribution in [0.2, 0.25) is 0 Å². The molecule has 0 aliphatic carbocycles. The number of allylic oxidation sites excluding steroid dienone is 1. The van der Waals surface area contributed by atoms with Gasteiger partial charge in [-0.05, 0) is 6.08 Å². The molecule has 0 aliphatic rings. The molecule has 0 fully saturated rings. The van der Waals surface area contributed by atoms with E-state index in [0.29, 0.717) is 0 Å². The monoisotopic (exact) mass is 200 g/mol. The fourth-order valence-electron chi connectivity index (χ4n) is 0.693. The van der Waals surface area contributed by atoms with E-state index in [9.17, 15) is 0 Å². The first-order valence-electron chi connectivity index (χ1n) is 3.03. The Kier molecular flexibility index (Phi) is 2.68. The van der Waals surface area contributed by atoms with Crippen molar-refractivity contribution in [2.24, 2.45) is 7.05 Å². The number of aromatic nitrogens is 2. The summed E-state index contributed by atoms with van der Waals surface area (Å²) in [5, 5.41) is 0.887. The molecule has 0 radical (unpaired) electrons. The molecule has 0 unspecified atom stereocenters. The van der Waals surface area contributed by atoms with Gasteiger partial charge in [0.2, 0.25) is 0 Å². The highest BCUT2D eigenvalue weighted by molar-refractivity contribution is 9.09. The van der Waals surface area contributed by atoms with Gasteiger partial charge in [0.25, 0.3) is 0 Å². The summed E-state index contributed by atoms with van der Waals surface area (Å²) in [5.74, 6) is 0. The lowest BCUT2D eigenvalue weighted by Crippen LogP contribution is -1.86. The summed E-state index contributed by atoms with van der Waals surface area (Å²) in [4.78, 5) is 3.97. The Labute approximate surface area is 68.7 Å². The van der Waals surface area contributed by atoms with Gasteiger partial charge in [-0.1, -0.05) is 22.0 Å². The van der Waals surface area contributed by atoms with E-state index in [2.05, 4.69) is 20.9 Å².